The van der Waals surface area contributed by atoms with Gasteiger partial charge in [0.25, 0.3) is 0 Å². The largest absolute Gasteiger partial charge is 0.496 e. The van der Waals surface area contributed by atoms with Gasteiger partial charge in [-0.05, 0) is 48.2 Å². The number of benzene rings is 2. The molecule has 0 bridgehead atoms. The van der Waals surface area contributed by atoms with Crippen molar-refractivity contribution in [1.29, 1.82) is 0 Å². The number of aliphatic imine (C=N–C) groups is 1. The molecule has 0 fully saturated rings. The van der Waals surface area contributed by atoms with Crippen LogP contribution in [-0.4, -0.2) is 39.9 Å². The Morgan fingerprint density at radius 3 is 2.39 bits per heavy atom. The maximum atomic E-state index is 11.2. The lowest BCUT2D eigenvalue weighted by atomic mass is 10.1. The fourth-order valence-corrected chi connectivity index (χ4v) is 2.63. The molecular formula is C21H28N4O3. The van der Waals surface area contributed by atoms with E-state index in [-0.39, 0.29) is 0 Å². The number of methoxy groups -OCH3 is 2. The van der Waals surface area contributed by atoms with Crippen LogP contribution in [0.1, 0.15) is 16.7 Å². The summed E-state index contributed by atoms with van der Waals surface area (Å²) < 4.78 is 9.94. The van der Waals surface area contributed by atoms with Crippen molar-refractivity contribution in [3.8, 4) is 5.75 Å². The van der Waals surface area contributed by atoms with E-state index in [0.717, 1.165) is 35.8 Å². The molecule has 0 radical (unpaired) electrons. The van der Waals surface area contributed by atoms with Crippen molar-refractivity contribution in [1.82, 2.24) is 10.6 Å². The summed E-state index contributed by atoms with van der Waals surface area (Å²) in [7, 11) is 4.77. The number of nitrogens with zero attached hydrogens (tertiary/aromatic N) is 1. The lowest BCUT2D eigenvalue weighted by Gasteiger charge is -2.13. The van der Waals surface area contributed by atoms with Gasteiger partial charge < -0.3 is 20.1 Å². The average Bonchev–Trinajstić information content (AvgIpc) is 2.72. The highest BCUT2D eigenvalue weighted by Crippen LogP contribution is 2.19. The zero-order valence-corrected chi connectivity index (χ0v) is 16.8. The van der Waals surface area contributed by atoms with E-state index in [1.54, 1.807) is 14.2 Å². The van der Waals surface area contributed by atoms with Crippen LogP contribution in [0.5, 0.6) is 5.75 Å². The number of amides is 1. The third-order valence-corrected chi connectivity index (χ3v) is 4.25. The van der Waals surface area contributed by atoms with Gasteiger partial charge in [0, 0.05) is 25.8 Å². The molecule has 0 saturated carbocycles. The lowest BCUT2D eigenvalue weighted by Crippen LogP contribution is -2.37. The molecule has 2 rings (SSSR count). The minimum atomic E-state index is -0.485. The Hall–Kier alpha value is -3.22. The second-order valence-corrected chi connectivity index (χ2v) is 6.22. The summed E-state index contributed by atoms with van der Waals surface area (Å²) in [5.74, 6) is 1.64. The number of nitrogens with one attached hydrogen (secondary N) is 3. The van der Waals surface area contributed by atoms with Gasteiger partial charge in [0.2, 0.25) is 0 Å². The zero-order chi connectivity index (χ0) is 20.4. The molecule has 1 amide bonds. The van der Waals surface area contributed by atoms with Gasteiger partial charge in [0.1, 0.15) is 5.75 Å². The van der Waals surface area contributed by atoms with Crippen LogP contribution >= 0.6 is 0 Å². The molecule has 0 saturated heterocycles. The van der Waals surface area contributed by atoms with Gasteiger partial charge in [-0.3, -0.25) is 10.3 Å². The van der Waals surface area contributed by atoms with Crippen molar-refractivity contribution in [3.05, 3.63) is 59.2 Å². The molecule has 0 aliphatic carbocycles. The minimum absolute atomic E-state index is 0.485. The summed E-state index contributed by atoms with van der Waals surface area (Å²) in [5.41, 5.74) is 4.09. The minimum Gasteiger partial charge on any atom is -0.496 e. The van der Waals surface area contributed by atoms with E-state index in [1.807, 2.05) is 31.2 Å². The Morgan fingerprint density at radius 1 is 1.04 bits per heavy atom. The predicted octanol–water partition coefficient (Wildman–Crippen LogP) is 3.09. The number of guanidine groups is 1. The van der Waals surface area contributed by atoms with Crippen LogP contribution < -0.4 is 20.7 Å². The van der Waals surface area contributed by atoms with Crippen LogP contribution in [-0.2, 0) is 17.7 Å². The third kappa shape index (κ3) is 6.50. The van der Waals surface area contributed by atoms with E-state index in [0.29, 0.717) is 12.2 Å². The maximum absolute atomic E-state index is 11.2. The average molecular weight is 384 g/mol. The summed E-state index contributed by atoms with van der Waals surface area (Å²) in [5, 5.41) is 9.21. The normalized spacial score (nSPS) is 10.9. The standard InChI is InChI=1S/C21H28N4O3/c1-15-5-6-16(13-19(15)27-3)11-12-23-20(22-2)24-14-17-7-9-18(10-8-17)25-21(26)28-4/h5-10,13H,11-12,14H2,1-4H3,(H,25,26)(H2,22,23,24). The Morgan fingerprint density at radius 2 is 1.75 bits per heavy atom. The molecule has 3 N–H and O–H groups in total. The first kappa shape index (κ1) is 21.1. The molecule has 150 valence electrons. The second-order valence-electron chi connectivity index (χ2n) is 6.22. The number of aryl methyl sites for hydroxylation is 1. The van der Waals surface area contributed by atoms with Crippen LogP contribution in [0, 0.1) is 6.92 Å². The molecule has 0 aromatic heterocycles. The Kier molecular flexibility index (Phi) is 8.14. The van der Waals surface area contributed by atoms with Crippen molar-refractivity contribution >= 4 is 17.7 Å². The van der Waals surface area contributed by atoms with Gasteiger partial charge in [-0.25, -0.2) is 4.79 Å². The SMILES string of the molecule is CN=C(NCCc1ccc(C)c(OC)c1)NCc1ccc(NC(=O)OC)cc1. The van der Waals surface area contributed by atoms with Crippen LogP contribution in [0.25, 0.3) is 0 Å². The van der Waals surface area contributed by atoms with Crippen LogP contribution in [0.3, 0.4) is 0 Å². The van der Waals surface area contributed by atoms with Crippen molar-refractivity contribution < 1.29 is 14.3 Å². The summed E-state index contributed by atoms with van der Waals surface area (Å²) in [4.78, 5) is 15.4. The first-order valence-corrected chi connectivity index (χ1v) is 9.07. The molecule has 2 aromatic rings. The fourth-order valence-electron chi connectivity index (χ4n) is 2.63. The monoisotopic (exact) mass is 384 g/mol. The maximum Gasteiger partial charge on any atom is 0.411 e. The van der Waals surface area contributed by atoms with E-state index in [9.17, 15) is 4.79 Å². The number of carbonyl (C=O) groups excluding carboxylic acids is 1. The molecular weight excluding hydrogens is 356 g/mol. The van der Waals surface area contributed by atoms with Crippen molar-refractivity contribution in [2.24, 2.45) is 4.99 Å². The third-order valence-electron chi connectivity index (χ3n) is 4.25. The molecule has 0 aliphatic heterocycles. The molecule has 0 heterocycles. The first-order chi connectivity index (χ1) is 13.5. The molecule has 0 spiro atoms. The summed E-state index contributed by atoms with van der Waals surface area (Å²) in [6, 6.07) is 13.8. The van der Waals surface area contributed by atoms with Gasteiger partial charge in [-0.2, -0.15) is 0 Å². The molecule has 7 nitrogen and oxygen atoms in total. The Labute approximate surface area is 166 Å². The Balaban J connectivity index is 1.79. The van der Waals surface area contributed by atoms with Crippen LogP contribution in [0.15, 0.2) is 47.5 Å². The van der Waals surface area contributed by atoms with Crippen LogP contribution in [0.4, 0.5) is 10.5 Å². The molecule has 0 aliphatic rings. The van der Waals surface area contributed by atoms with Crippen molar-refractivity contribution in [3.63, 3.8) is 0 Å². The summed E-state index contributed by atoms with van der Waals surface area (Å²) >= 11 is 0. The van der Waals surface area contributed by atoms with E-state index >= 15 is 0 Å². The van der Waals surface area contributed by atoms with Crippen molar-refractivity contribution in [2.75, 3.05) is 33.1 Å². The van der Waals surface area contributed by atoms with E-state index in [2.05, 4.69) is 43.9 Å². The van der Waals surface area contributed by atoms with E-state index < -0.39 is 6.09 Å². The van der Waals surface area contributed by atoms with Crippen molar-refractivity contribution in [2.45, 2.75) is 19.9 Å². The van der Waals surface area contributed by atoms with Gasteiger partial charge in [0.15, 0.2) is 5.96 Å². The van der Waals surface area contributed by atoms with E-state index in [4.69, 9.17) is 4.74 Å². The number of rotatable bonds is 7. The molecule has 0 unspecified atom stereocenters. The molecule has 0 atom stereocenters. The van der Waals surface area contributed by atoms with Gasteiger partial charge in [-0.15, -0.1) is 0 Å². The zero-order valence-electron chi connectivity index (χ0n) is 16.8. The number of anilines is 1. The lowest BCUT2D eigenvalue weighted by molar-refractivity contribution is 0.187. The van der Waals surface area contributed by atoms with Gasteiger partial charge in [-0.1, -0.05) is 24.3 Å². The molecule has 28 heavy (non-hydrogen) atoms. The fraction of sp³-hybridized carbons (Fsp3) is 0.333. The topological polar surface area (TPSA) is 84.0 Å². The smallest absolute Gasteiger partial charge is 0.411 e. The quantitative estimate of drug-likeness (QED) is 0.505. The Bertz CT molecular complexity index is 804. The number of hydrogen-bond acceptors (Lipinski definition) is 4. The first-order valence-electron chi connectivity index (χ1n) is 9.07. The van der Waals surface area contributed by atoms with Gasteiger partial charge >= 0.3 is 6.09 Å². The highest BCUT2D eigenvalue weighted by molar-refractivity contribution is 5.84. The summed E-state index contributed by atoms with van der Waals surface area (Å²) in [6.45, 7) is 3.41. The summed E-state index contributed by atoms with van der Waals surface area (Å²) in [6.07, 6.45) is 0.382. The molecule has 7 heteroatoms. The highest BCUT2D eigenvalue weighted by atomic mass is 16.5. The molecule has 2 aromatic carbocycles. The number of ether oxygens (including phenoxy) is 2. The van der Waals surface area contributed by atoms with Crippen LogP contribution in [0.2, 0.25) is 0 Å². The number of carbonyl (C=O) groups is 1. The predicted molar refractivity (Wildman–Crippen MR) is 112 cm³/mol. The highest BCUT2D eigenvalue weighted by Gasteiger charge is 2.03. The number of hydrogen-bond donors (Lipinski definition) is 3. The van der Waals surface area contributed by atoms with Gasteiger partial charge in [0.05, 0.1) is 14.2 Å². The second kappa shape index (κ2) is 10.8. The van der Waals surface area contributed by atoms with E-state index in [1.165, 1.54) is 12.7 Å².